The monoisotopic (exact) mass is 931 g/mol. The SMILES string of the molecule is CC(C)=CCC[C@](C)(OC1CC(O)C(O)C(CO)O1)C1CC[C@]2(C)C1C(O)CC1[C@@]3(C)CCC(O)C(C)(C)C3C(OC3OC(CO)C(O)C(O)C3OC3OC(C)C(O)C(O)C3O)C[C@]12C. The quantitative estimate of drug-likeness (QED) is 0.0962. The first kappa shape index (κ1) is 51.9. The van der Waals surface area contributed by atoms with Crippen LogP contribution >= 0.6 is 0 Å². The van der Waals surface area contributed by atoms with Gasteiger partial charge in [0.25, 0.3) is 0 Å². The Morgan fingerprint density at radius 3 is 2.02 bits per heavy atom. The average molecular weight is 931 g/mol. The van der Waals surface area contributed by atoms with Crippen molar-refractivity contribution in [3.05, 3.63) is 11.6 Å². The Kier molecular flexibility index (Phi) is 15.2. The zero-order valence-corrected chi connectivity index (χ0v) is 39.8. The molecule has 0 aromatic carbocycles. The number of fused-ring (bicyclic) bond motifs is 5. The van der Waals surface area contributed by atoms with Crippen LogP contribution in [0.1, 0.15) is 120 Å². The van der Waals surface area contributed by atoms with E-state index in [-0.39, 0.29) is 30.1 Å². The Morgan fingerprint density at radius 1 is 0.708 bits per heavy atom. The lowest BCUT2D eigenvalue weighted by molar-refractivity contribution is -0.382. The van der Waals surface area contributed by atoms with E-state index in [1.807, 2.05) is 27.7 Å². The van der Waals surface area contributed by atoms with E-state index in [0.717, 1.165) is 12.0 Å². The van der Waals surface area contributed by atoms with Crippen molar-refractivity contribution < 1.29 is 84.6 Å². The average Bonchev–Trinajstić information content (AvgIpc) is 3.62. The summed E-state index contributed by atoms with van der Waals surface area (Å²) in [5, 5.41) is 121. The van der Waals surface area contributed by atoms with E-state index >= 15 is 0 Å². The predicted octanol–water partition coefficient (Wildman–Crippen LogP) is 1.00. The molecule has 25 atom stereocenters. The van der Waals surface area contributed by atoms with Crippen molar-refractivity contribution in [1.29, 1.82) is 0 Å². The Bertz CT molecular complexity index is 1660. The number of hydrogen-bond donors (Lipinski definition) is 11. The van der Waals surface area contributed by atoms with E-state index in [4.69, 9.17) is 28.4 Å². The summed E-state index contributed by atoms with van der Waals surface area (Å²) in [6.07, 6.45) is -14.4. The van der Waals surface area contributed by atoms with Crippen molar-refractivity contribution >= 4 is 0 Å². The number of ether oxygens (including phenoxy) is 6. The molecular formula is C48H82O17. The molecule has 7 aliphatic rings. The van der Waals surface area contributed by atoms with Gasteiger partial charge in [0.15, 0.2) is 18.9 Å². The van der Waals surface area contributed by atoms with Crippen molar-refractivity contribution in [3.63, 3.8) is 0 Å². The number of hydrogen-bond acceptors (Lipinski definition) is 17. The third kappa shape index (κ3) is 8.84. The van der Waals surface area contributed by atoms with Gasteiger partial charge in [0, 0.05) is 6.42 Å². The molecule has 3 heterocycles. The van der Waals surface area contributed by atoms with E-state index in [2.05, 4.69) is 33.8 Å². The lowest BCUT2D eigenvalue weighted by atomic mass is 9.34. The second-order valence-electron chi connectivity index (χ2n) is 22.9. The highest BCUT2D eigenvalue weighted by Crippen LogP contribution is 2.76. The summed E-state index contributed by atoms with van der Waals surface area (Å²) in [6.45, 7) is 17.3. The van der Waals surface area contributed by atoms with Gasteiger partial charge in [-0.15, -0.1) is 0 Å². The molecule has 0 amide bonds. The first-order chi connectivity index (χ1) is 30.3. The van der Waals surface area contributed by atoms with Crippen LogP contribution in [0.2, 0.25) is 0 Å². The maximum atomic E-state index is 12.7. The smallest absolute Gasteiger partial charge is 0.187 e. The summed E-state index contributed by atoms with van der Waals surface area (Å²) in [5.41, 5.74) is -2.00. The van der Waals surface area contributed by atoms with Crippen LogP contribution in [0.4, 0.5) is 0 Å². The van der Waals surface area contributed by atoms with Crippen LogP contribution in [0.3, 0.4) is 0 Å². The van der Waals surface area contributed by atoms with Gasteiger partial charge in [0.1, 0.15) is 54.9 Å². The van der Waals surface area contributed by atoms with Gasteiger partial charge in [-0.05, 0) is 124 Å². The normalized spacial score (nSPS) is 53.0. The molecule has 0 radical (unpaired) electrons. The molecule has 17 nitrogen and oxygen atoms in total. The van der Waals surface area contributed by atoms with Gasteiger partial charge in [-0.25, -0.2) is 0 Å². The van der Waals surface area contributed by atoms with Gasteiger partial charge in [-0.3, -0.25) is 0 Å². The maximum absolute atomic E-state index is 12.7. The zero-order chi connectivity index (χ0) is 47.9. The minimum Gasteiger partial charge on any atom is -0.394 e. The van der Waals surface area contributed by atoms with Gasteiger partial charge in [-0.2, -0.15) is 0 Å². The van der Waals surface area contributed by atoms with E-state index in [1.54, 1.807) is 0 Å². The second kappa shape index (κ2) is 19.0. The van der Waals surface area contributed by atoms with Crippen LogP contribution in [-0.2, 0) is 28.4 Å². The Hall–Kier alpha value is -0.940. The van der Waals surface area contributed by atoms with Crippen LogP contribution in [-0.4, -0.2) is 179 Å². The Balaban J connectivity index is 1.26. The molecule has 0 aromatic heterocycles. The molecule has 0 bridgehead atoms. The fourth-order valence-electron chi connectivity index (χ4n) is 14.9. The molecule has 7 rings (SSSR count). The lowest BCUT2D eigenvalue weighted by Gasteiger charge is -2.72. The fourth-order valence-corrected chi connectivity index (χ4v) is 14.9. The van der Waals surface area contributed by atoms with Gasteiger partial charge < -0.3 is 84.6 Å². The predicted molar refractivity (Wildman–Crippen MR) is 232 cm³/mol. The molecule has 4 aliphatic carbocycles. The highest BCUT2D eigenvalue weighted by molar-refractivity contribution is 5.22. The number of rotatable bonds is 12. The highest BCUT2D eigenvalue weighted by atomic mass is 16.8. The van der Waals surface area contributed by atoms with Gasteiger partial charge in [0.2, 0.25) is 0 Å². The van der Waals surface area contributed by atoms with Crippen molar-refractivity contribution in [2.45, 2.75) is 230 Å². The van der Waals surface area contributed by atoms with Crippen LogP contribution in [0.15, 0.2) is 11.6 Å². The first-order valence-corrected chi connectivity index (χ1v) is 24.2. The summed E-state index contributed by atoms with van der Waals surface area (Å²) in [7, 11) is 0. The molecule has 21 unspecified atom stereocenters. The molecule has 7 fully saturated rings. The van der Waals surface area contributed by atoms with E-state index in [1.165, 1.54) is 6.92 Å². The van der Waals surface area contributed by atoms with Crippen LogP contribution in [0.5, 0.6) is 0 Å². The van der Waals surface area contributed by atoms with Crippen molar-refractivity contribution in [2.75, 3.05) is 13.2 Å². The number of aliphatic hydroxyl groups is 11. The van der Waals surface area contributed by atoms with Crippen LogP contribution < -0.4 is 0 Å². The van der Waals surface area contributed by atoms with Crippen molar-refractivity contribution in [2.24, 2.45) is 45.3 Å². The molecule has 0 aromatic rings. The third-order valence-electron chi connectivity index (χ3n) is 18.6. The largest absolute Gasteiger partial charge is 0.394 e. The van der Waals surface area contributed by atoms with Crippen molar-refractivity contribution in [3.8, 4) is 0 Å². The summed E-state index contributed by atoms with van der Waals surface area (Å²) in [4.78, 5) is 0. The summed E-state index contributed by atoms with van der Waals surface area (Å²) < 4.78 is 38.4. The highest BCUT2D eigenvalue weighted by Gasteiger charge is 2.74. The van der Waals surface area contributed by atoms with Gasteiger partial charge in [-0.1, -0.05) is 46.3 Å². The standard InChI is InChI=1S/C48H82O17/c1-22(2)11-10-14-48(9,65-32-18-26(52)35(55)28(20-49)61-32)24-12-16-46(7)33(24)25(51)17-30-45(6)15-13-31(53)44(4,5)41(45)27(19-47(30,46)8)62-43-40(38(58)36(56)29(21-50)63-43)64-42-39(59)37(57)34(54)23(3)60-42/h11,23-43,49-59H,10,12-21H2,1-9H3/t23?,24?,25?,26?,27?,28?,29?,30?,31?,32?,33?,34?,35?,36?,37?,38?,39?,40?,41?,42?,43?,45-,46-,47-,48+/m1/s1. The molecular weight excluding hydrogens is 849 g/mol. The summed E-state index contributed by atoms with van der Waals surface area (Å²) >= 11 is 0. The van der Waals surface area contributed by atoms with Gasteiger partial charge >= 0.3 is 0 Å². The first-order valence-electron chi connectivity index (χ1n) is 24.2. The summed E-state index contributed by atoms with van der Waals surface area (Å²) in [5.74, 6) is -0.832. The Morgan fingerprint density at radius 2 is 1.37 bits per heavy atom. The van der Waals surface area contributed by atoms with E-state index in [9.17, 15) is 56.2 Å². The molecule has 11 N–H and O–H groups in total. The third-order valence-corrected chi connectivity index (χ3v) is 18.6. The van der Waals surface area contributed by atoms with E-state index < -0.39 is 145 Å². The molecule has 3 saturated heterocycles. The molecule has 65 heavy (non-hydrogen) atoms. The van der Waals surface area contributed by atoms with Crippen LogP contribution in [0, 0.1) is 45.3 Å². The minimum atomic E-state index is -1.73. The molecule has 376 valence electrons. The number of aliphatic hydroxyl groups excluding tert-OH is 11. The maximum Gasteiger partial charge on any atom is 0.187 e. The minimum absolute atomic E-state index is 0.0114. The molecule has 3 aliphatic heterocycles. The van der Waals surface area contributed by atoms with Gasteiger partial charge in [0.05, 0.1) is 49.3 Å². The zero-order valence-electron chi connectivity index (χ0n) is 39.8. The molecule has 4 saturated carbocycles. The molecule has 0 spiro atoms. The van der Waals surface area contributed by atoms with Crippen molar-refractivity contribution in [1.82, 2.24) is 0 Å². The van der Waals surface area contributed by atoms with E-state index in [0.29, 0.717) is 44.9 Å². The second-order valence-corrected chi connectivity index (χ2v) is 22.9. The molecule has 17 heteroatoms. The van der Waals surface area contributed by atoms with Crippen LogP contribution in [0.25, 0.3) is 0 Å². The Labute approximate surface area is 384 Å². The topological polar surface area (TPSA) is 278 Å². The number of allylic oxidation sites excluding steroid dienone is 2. The summed E-state index contributed by atoms with van der Waals surface area (Å²) in [6, 6.07) is 0. The lowest BCUT2D eigenvalue weighted by Crippen LogP contribution is -2.71. The fraction of sp³-hybridized carbons (Fsp3) is 0.958.